The van der Waals surface area contributed by atoms with Crippen LogP contribution in [0.2, 0.25) is 0 Å². The summed E-state index contributed by atoms with van der Waals surface area (Å²) < 4.78 is 0. The van der Waals surface area contributed by atoms with E-state index >= 15 is 0 Å². The molecule has 4 heterocycles. The van der Waals surface area contributed by atoms with Crippen molar-refractivity contribution < 1.29 is 24.3 Å². The van der Waals surface area contributed by atoms with E-state index in [-0.39, 0.29) is 48.6 Å². The van der Waals surface area contributed by atoms with Crippen LogP contribution in [0.15, 0.2) is 54.2 Å². The number of benzene rings is 2. The van der Waals surface area contributed by atoms with E-state index < -0.39 is 23.6 Å². The Morgan fingerprint density at radius 1 is 0.913 bits per heavy atom. The zero-order valence-electron chi connectivity index (χ0n) is 41.1. The van der Waals surface area contributed by atoms with Crippen LogP contribution in [0, 0.1) is 18.3 Å². The minimum absolute atomic E-state index is 0.0312. The van der Waals surface area contributed by atoms with Crippen molar-refractivity contribution in [3.8, 4) is 10.4 Å². The quantitative estimate of drug-likeness (QED) is 0.0452. The smallest absolute Gasteiger partial charge is 0.246 e. The summed E-state index contributed by atoms with van der Waals surface area (Å²) >= 11 is 1.59. The van der Waals surface area contributed by atoms with Crippen LogP contribution in [0.5, 0.6) is 0 Å². The van der Waals surface area contributed by atoms with Crippen LogP contribution >= 0.6 is 11.3 Å². The molecular formula is C53H72N10O5S. The maximum Gasteiger partial charge on any atom is 0.246 e. The maximum atomic E-state index is 14.2. The van der Waals surface area contributed by atoms with Gasteiger partial charge in [-0.3, -0.25) is 24.1 Å². The van der Waals surface area contributed by atoms with Gasteiger partial charge in [-0.05, 0) is 117 Å². The number of aliphatic hydroxyl groups excluding tert-OH is 1. The highest BCUT2D eigenvalue weighted by atomic mass is 32.1. The molecule has 2 saturated carbocycles. The van der Waals surface area contributed by atoms with Crippen molar-refractivity contribution in [2.24, 2.45) is 11.3 Å². The van der Waals surface area contributed by atoms with E-state index in [0.717, 1.165) is 117 Å². The monoisotopic (exact) mass is 961 g/mol. The van der Waals surface area contributed by atoms with Gasteiger partial charge in [0.2, 0.25) is 29.6 Å². The number of nitrogens with zero attached hydrogens (tertiary/aromatic N) is 5. The van der Waals surface area contributed by atoms with E-state index in [0.29, 0.717) is 31.3 Å². The van der Waals surface area contributed by atoms with Crippen LogP contribution in [-0.4, -0.2) is 104 Å². The van der Waals surface area contributed by atoms with E-state index in [1.54, 1.807) is 11.3 Å². The lowest BCUT2D eigenvalue weighted by atomic mass is 9.85. The third-order valence-electron chi connectivity index (χ3n) is 14.2. The van der Waals surface area contributed by atoms with Gasteiger partial charge in [0.25, 0.3) is 0 Å². The minimum Gasteiger partial charge on any atom is -0.391 e. The number of aromatic nitrogens is 3. The van der Waals surface area contributed by atoms with Crippen molar-refractivity contribution in [2.75, 3.05) is 43.4 Å². The van der Waals surface area contributed by atoms with Gasteiger partial charge in [-0.25, -0.2) is 9.97 Å². The van der Waals surface area contributed by atoms with E-state index in [1.807, 2.05) is 70.6 Å². The van der Waals surface area contributed by atoms with E-state index in [9.17, 15) is 24.3 Å². The van der Waals surface area contributed by atoms with Gasteiger partial charge in [0.05, 0.1) is 28.2 Å². The highest BCUT2D eigenvalue weighted by molar-refractivity contribution is 7.13. The summed E-state index contributed by atoms with van der Waals surface area (Å²) in [6.45, 7) is 13.8. The fourth-order valence-corrected chi connectivity index (χ4v) is 10.5. The molecule has 4 aromatic rings. The molecule has 2 aliphatic heterocycles. The first-order valence-corrected chi connectivity index (χ1v) is 26.2. The highest BCUT2D eigenvalue weighted by Crippen LogP contribution is 2.43. The van der Waals surface area contributed by atoms with Crippen molar-refractivity contribution in [3.05, 3.63) is 82.1 Å². The third-order valence-corrected chi connectivity index (χ3v) is 15.2. The van der Waals surface area contributed by atoms with Gasteiger partial charge in [0, 0.05) is 68.9 Å². The Hall–Kier alpha value is -5.45. The zero-order chi connectivity index (χ0) is 48.7. The topological polar surface area (TPSA) is 194 Å². The van der Waals surface area contributed by atoms with Crippen LogP contribution in [0.25, 0.3) is 10.4 Å². The fourth-order valence-electron chi connectivity index (χ4n) is 9.66. The largest absolute Gasteiger partial charge is 0.391 e. The Morgan fingerprint density at radius 3 is 2.42 bits per heavy atom. The number of rotatable bonds is 21. The molecule has 6 N–H and O–H groups in total. The minimum atomic E-state index is -0.858. The first-order chi connectivity index (χ1) is 33.2. The number of carbonyl (C=O) groups excluding carboxylic acids is 4. The number of hydrogen-bond acceptors (Lipinski definition) is 12. The molecule has 69 heavy (non-hydrogen) atoms. The second-order valence-corrected chi connectivity index (χ2v) is 21.7. The van der Waals surface area contributed by atoms with Gasteiger partial charge in [-0.15, -0.1) is 11.3 Å². The summed E-state index contributed by atoms with van der Waals surface area (Å²) in [6.07, 6.45) is 11.4. The molecule has 2 aromatic heterocycles. The van der Waals surface area contributed by atoms with Crippen LogP contribution in [-0.2, 0) is 32.1 Å². The molecule has 4 amide bonds. The molecule has 8 rings (SSSR count). The second kappa shape index (κ2) is 22.5. The molecule has 0 radical (unpaired) electrons. The SMILES string of the molecule is Cc1ncsc1-c1ccc(C(C)NC(=O)C2CC(O)CN2C(=O)C(NC(=O)CCCCCN2CCc3cc(Nc4ncc(C5CC5)c(NCCCNC(=O)C5CCC5)n4)ccc3C2)C(C)(C)C)cc1. The number of likely N-dealkylation sites (tertiary alicyclic amines) is 1. The summed E-state index contributed by atoms with van der Waals surface area (Å²) in [4.78, 5) is 72.4. The molecule has 16 heteroatoms. The lowest BCUT2D eigenvalue weighted by Gasteiger charge is -2.35. The van der Waals surface area contributed by atoms with Crippen LogP contribution in [0.1, 0.15) is 138 Å². The highest BCUT2D eigenvalue weighted by Gasteiger charge is 2.44. The van der Waals surface area contributed by atoms with Gasteiger partial charge >= 0.3 is 0 Å². The molecule has 2 aromatic carbocycles. The zero-order valence-corrected chi connectivity index (χ0v) is 41.9. The molecule has 4 aliphatic rings. The number of hydrogen-bond donors (Lipinski definition) is 6. The number of thiazole rings is 1. The third kappa shape index (κ3) is 13.1. The number of unbranched alkanes of at least 4 members (excludes halogenated alkanes) is 2. The van der Waals surface area contributed by atoms with Crippen molar-refractivity contribution in [1.29, 1.82) is 0 Å². The van der Waals surface area contributed by atoms with E-state index in [2.05, 4.69) is 59.7 Å². The number of fused-ring (bicyclic) bond motifs is 1. The van der Waals surface area contributed by atoms with E-state index in [1.165, 1.54) is 21.6 Å². The molecule has 15 nitrogen and oxygen atoms in total. The summed E-state index contributed by atoms with van der Waals surface area (Å²) in [5.74, 6) is 1.48. The summed E-state index contributed by atoms with van der Waals surface area (Å²) in [5, 5.41) is 26.8. The first-order valence-electron chi connectivity index (χ1n) is 25.3. The summed E-state index contributed by atoms with van der Waals surface area (Å²) in [6, 6.07) is 12.5. The number of nitrogens with one attached hydrogen (secondary N) is 5. The molecule has 3 fully saturated rings. The average molecular weight is 961 g/mol. The average Bonchev–Trinajstić information content (AvgIpc) is 3.93. The van der Waals surface area contributed by atoms with Gasteiger partial charge in [0.1, 0.15) is 17.9 Å². The van der Waals surface area contributed by atoms with Gasteiger partial charge < -0.3 is 36.6 Å². The number of aryl methyl sites for hydroxylation is 1. The van der Waals surface area contributed by atoms with Crippen molar-refractivity contribution >= 4 is 52.4 Å². The molecule has 4 atom stereocenters. The Bertz CT molecular complexity index is 2430. The van der Waals surface area contributed by atoms with Gasteiger partial charge in [-0.1, -0.05) is 63.9 Å². The van der Waals surface area contributed by atoms with Gasteiger partial charge in [0.15, 0.2) is 0 Å². The fraction of sp³-hybridized carbons (Fsp3) is 0.566. The molecule has 1 saturated heterocycles. The van der Waals surface area contributed by atoms with Crippen molar-refractivity contribution in [3.63, 3.8) is 0 Å². The maximum absolute atomic E-state index is 14.2. The summed E-state index contributed by atoms with van der Waals surface area (Å²) in [7, 11) is 0. The molecule has 0 bridgehead atoms. The van der Waals surface area contributed by atoms with Crippen LogP contribution in [0.3, 0.4) is 0 Å². The molecule has 370 valence electrons. The predicted molar refractivity (Wildman–Crippen MR) is 271 cm³/mol. The van der Waals surface area contributed by atoms with Crippen molar-refractivity contribution in [1.82, 2.24) is 40.7 Å². The summed E-state index contributed by atoms with van der Waals surface area (Å²) in [5.41, 5.74) is 8.94. The second-order valence-electron chi connectivity index (χ2n) is 20.8. The Morgan fingerprint density at radius 2 is 1.71 bits per heavy atom. The lowest BCUT2D eigenvalue weighted by Crippen LogP contribution is -2.57. The number of carbonyl (C=O) groups is 4. The predicted octanol–water partition coefficient (Wildman–Crippen LogP) is 7.54. The van der Waals surface area contributed by atoms with Gasteiger partial charge in [-0.2, -0.15) is 4.98 Å². The standard InChI is InChI=1S/C53H72N10O5S/c1-33(35-14-18-37(19-15-35)46-34(2)57-32-69-46)58-50(67)44-28-42(64)31-63(44)51(68)47(53(3,4)5)60-45(65)13-7-6-8-25-62-26-22-39-27-41(21-20-40(39)30-62)59-52-56-29-43(36-16-17-36)48(61-52)54-23-10-24-55-49(66)38-11-9-12-38/h14-15,18-21,27,29,32-33,36,38,42,44,47,64H,6-13,16-17,22-26,28,30-31H2,1-5H3,(H,55,66)(H,58,67)(H,60,65)(H2,54,56,59,61). The normalized spacial score (nSPS) is 19.2. The number of anilines is 3. The Balaban J connectivity index is 0.759. The van der Waals surface area contributed by atoms with E-state index in [4.69, 9.17) is 4.98 Å². The molecule has 2 aliphatic carbocycles. The molecule has 0 spiro atoms. The van der Waals surface area contributed by atoms with Crippen LogP contribution < -0.4 is 26.6 Å². The molecule has 4 unspecified atom stereocenters. The number of amides is 4. The lowest BCUT2D eigenvalue weighted by molar-refractivity contribution is -0.144. The first kappa shape index (κ1) is 50.0. The van der Waals surface area contributed by atoms with Crippen LogP contribution in [0.4, 0.5) is 17.5 Å². The molecular weight excluding hydrogens is 889 g/mol. The Labute approximate surface area is 411 Å². The van der Waals surface area contributed by atoms with Crippen molar-refractivity contribution in [2.45, 2.75) is 148 Å². The Kier molecular flexibility index (Phi) is 16.3. The number of aliphatic hydroxyl groups is 1. The number of β-amino-alcohol motifs (C(OH)–C–C–N with tert-alkyl or cyclic N) is 1.